The smallest absolute Gasteiger partial charge is 0.0543 e. The molecule has 0 aromatic heterocycles. The third kappa shape index (κ3) is 1.39. The fourth-order valence-corrected chi connectivity index (χ4v) is 2.06. The molecule has 2 rings (SSSR count). The van der Waals surface area contributed by atoms with Crippen molar-refractivity contribution in [2.45, 2.75) is 24.8 Å². The molecule has 1 aliphatic carbocycles. The van der Waals surface area contributed by atoms with Gasteiger partial charge in [0.25, 0.3) is 0 Å². The van der Waals surface area contributed by atoms with Gasteiger partial charge in [0.2, 0.25) is 0 Å². The van der Waals surface area contributed by atoms with Crippen LogP contribution < -0.4 is 5.32 Å². The lowest BCUT2D eigenvalue weighted by Crippen LogP contribution is -2.27. The summed E-state index contributed by atoms with van der Waals surface area (Å²) >= 11 is 0. The number of rotatable bonds is 4. The molecule has 1 unspecified atom stereocenters. The molecule has 74 valence electrons. The van der Waals surface area contributed by atoms with Crippen LogP contribution in [0.5, 0.6) is 0 Å². The second-order valence-corrected chi connectivity index (χ2v) is 3.85. The van der Waals surface area contributed by atoms with Crippen LogP contribution in [-0.2, 0) is 5.41 Å². The van der Waals surface area contributed by atoms with Gasteiger partial charge in [-0.05, 0) is 36.7 Å². The predicted molar refractivity (Wildman–Crippen MR) is 55.0 cm³/mol. The summed E-state index contributed by atoms with van der Waals surface area (Å²) in [5.41, 5.74) is 1.12. The first-order valence-electron chi connectivity index (χ1n) is 5.06. The highest BCUT2D eigenvalue weighted by Gasteiger charge is 2.54. The number of aliphatic hydroxyl groups excluding tert-OH is 1. The minimum absolute atomic E-state index is 0.0540. The third-order valence-electron chi connectivity index (χ3n) is 3.04. The van der Waals surface area contributed by atoms with Crippen LogP contribution >= 0.6 is 0 Å². The van der Waals surface area contributed by atoms with Crippen molar-refractivity contribution in [2.75, 3.05) is 13.2 Å². The molecule has 0 saturated heterocycles. The summed E-state index contributed by atoms with van der Waals surface area (Å²) < 4.78 is 0. The topological polar surface area (TPSA) is 32.3 Å². The standard InChI is InChI=1S/C12H15NO/c1-2-13-11-8-12(11,9-14)10-6-4-3-5-7-10/h4,6-7,11,13-14H,2,8-9H2,1H3/t11?,12-/m0/s1. The van der Waals surface area contributed by atoms with E-state index in [1.807, 2.05) is 18.2 Å². The molecule has 0 amide bonds. The maximum atomic E-state index is 9.44. The van der Waals surface area contributed by atoms with Gasteiger partial charge in [-0.15, -0.1) is 0 Å². The van der Waals surface area contributed by atoms with Gasteiger partial charge in [-0.25, -0.2) is 0 Å². The van der Waals surface area contributed by atoms with E-state index in [1.165, 1.54) is 5.56 Å². The summed E-state index contributed by atoms with van der Waals surface area (Å²) in [5, 5.41) is 12.8. The van der Waals surface area contributed by atoms with Gasteiger partial charge in [0, 0.05) is 11.5 Å². The molecule has 2 atom stereocenters. The van der Waals surface area contributed by atoms with E-state index in [4.69, 9.17) is 0 Å². The van der Waals surface area contributed by atoms with Crippen molar-refractivity contribution in [3.63, 3.8) is 0 Å². The zero-order valence-electron chi connectivity index (χ0n) is 8.38. The number of hydrogen-bond acceptors (Lipinski definition) is 2. The van der Waals surface area contributed by atoms with Crippen LogP contribution in [-0.4, -0.2) is 24.3 Å². The highest BCUT2D eigenvalue weighted by Crippen LogP contribution is 2.47. The first-order valence-corrected chi connectivity index (χ1v) is 5.06. The first-order chi connectivity index (χ1) is 6.83. The van der Waals surface area contributed by atoms with Crippen molar-refractivity contribution in [1.29, 1.82) is 0 Å². The van der Waals surface area contributed by atoms with Crippen LogP contribution in [0.2, 0.25) is 0 Å². The van der Waals surface area contributed by atoms with E-state index in [0.29, 0.717) is 6.04 Å². The van der Waals surface area contributed by atoms with Crippen molar-refractivity contribution in [3.05, 3.63) is 35.9 Å². The summed E-state index contributed by atoms with van der Waals surface area (Å²) in [7, 11) is 0. The molecule has 0 bridgehead atoms. The van der Waals surface area contributed by atoms with Crippen molar-refractivity contribution in [2.24, 2.45) is 0 Å². The Kier molecular flexibility index (Phi) is 2.45. The zero-order chi connectivity index (χ0) is 10.0. The van der Waals surface area contributed by atoms with Crippen molar-refractivity contribution < 1.29 is 5.11 Å². The molecule has 1 aromatic rings. The Bertz CT molecular complexity index is 298. The van der Waals surface area contributed by atoms with E-state index in [9.17, 15) is 5.11 Å². The molecule has 1 aliphatic rings. The van der Waals surface area contributed by atoms with Gasteiger partial charge >= 0.3 is 0 Å². The van der Waals surface area contributed by atoms with Gasteiger partial charge in [-0.2, -0.15) is 0 Å². The molecule has 0 heterocycles. The molecular weight excluding hydrogens is 174 g/mol. The number of aliphatic hydroxyl groups is 1. The molecule has 1 aromatic carbocycles. The van der Waals surface area contributed by atoms with E-state index in [1.54, 1.807) is 0 Å². The van der Waals surface area contributed by atoms with E-state index >= 15 is 0 Å². The van der Waals surface area contributed by atoms with Crippen molar-refractivity contribution in [1.82, 2.24) is 5.32 Å². The van der Waals surface area contributed by atoms with Gasteiger partial charge in [0.05, 0.1) is 6.61 Å². The minimum atomic E-state index is -0.0540. The lowest BCUT2D eigenvalue weighted by molar-refractivity contribution is 0.248. The van der Waals surface area contributed by atoms with E-state index in [0.717, 1.165) is 13.0 Å². The van der Waals surface area contributed by atoms with Crippen LogP contribution in [0.4, 0.5) is 0 Å². The maximum Gasteiger partial charge on any atom is 0.0543 e. The molecule has 0 aliphatic heterocycles. The maximum absolute atomic E-state index is 9.44. The summed E-state index contributed by atoms with van der Waals surface area (Å²) in [6.45, 7) is 3.25. The molecule has 14 heavy (non-hydrogen) atoms. The number of likely N-dealkylation sites (N-methyl/N-ethyl adjacent to an activating group) is 1. The monoisotopic (exact) mass is 189 g/mol. The molecule has 1 saturated carbocycles. The zero-order valence-corrected chi connectivity index (χ0v) is 8.38. The predicted octanol–water partition coefficient (Wildman–Crippen LogP) is 0.899. The second kappa shape index (κ2) is 3.61. The number of nitrogens with one attached hydrogen (secondary N) is 1. The van der Waals surface area contributed by atoms with Crippen LogP contribution in [0.15, 0.2) is 18.2 Å². The Balaban J connectivity index is 2.17. The van der Waals surface area contributed by atoms with Crippen molar-refractivity contribution >= 4 is 0 Å². The van der Waals surface area contributed by atoms with Gasteiger partial charge in [0.15, 0.2) is 0 Å². The first kappa shape index (κ1) is 9.51. The molecular formula is C12H15NO. The van der Waals surface area contributed by atoms with Crippen molar-refractivity contribution in [3.8, 4) is 0 Å². The Morgan fingerprint density at radius 3 is 3.07 bits per heavy atom. The summed E-state index contributed by atoms with van der Waals surface area (Å²) in [6, 6.07) is 12.0. The van der Waals surface area contributed by atoms with Gasteiger partial charge in [-0.3, -0.25) is 0 Å². The fraction of sp³-hybridized carbons (Fsp3) is 0.500. The van der Waals surface area contributed by atoms with E-state index in [2.05, 4.69) is 24.4 Å². The molecule has 2 heteroatoms. The largest absolute Gasteiger partial charge is 0.395 e. The quantitative estimate of drug-likeness (QED) is 0.737. The summed E-state index contributed by atoms with van der Waals surface area (Å²) in [6.07, 6.45) is 1.02. The highest BCUT2D eigenvalue weighted by atomic mass is 16.3. The molecule has 2 N–H and O–H groups in total. The SMILES string of the molecule is CCNC1C[C@]1(CO)c1cc#ccc1. The van der Waals surface area contributed by atoms with Gasteiger partial charge in [0.1, 0.15) is 0 Å². The Hall–Kier alpha value is -1.04. The highest BCUT2D eigenvalue weighted by molar-refractivity contribution is 5.35. The lowest BCUT2D eigenvalue weighted by atomic mass is 9.97. The van der Waals surface area contributed by atoms with Crippen LogP contribution in [0.25, 0.3) is 0 Å². The van der Waals surface area contributed by atoms with E-state index < -0.39 is 0 Å². The summed E-state index contributed by atoms with van der Waals surface area (Å²) in [5.74, 6) is 0. The van der Waals surface area contributed by atoms with Gasteiger partial charge in [-0.1, -0.05) is 19.1 Å². The Labute approximate surface area is 85.0 Å². The van der Waals surface area contributed by atoms with Crippen LogP contribution in [0, 0.1) is 12.1 Å². The average molecular weight is 189 g/mol. The Morgan fingerprint density at radius 2 is 2.50 bits per heavy atom. The van der Waals surface area contributed by atoms with Crippen LogP contribution in [0.1, 0.15) is 18.9 Å². The van der Waals surface area contributed by atoms with Crippen LogP contribution in [0.3, 0.4) is 0 Å². The second-order valence-electron chi connectivity index (χ2n) is 3.85. The van der Waals surface area contributed by atoms with E-state index in [-0.39, 0.29) is 12.0 Å². The van der Waals surface area contributed by atoms with Gasteiger partial charge < -0.3 is 10.4 Å². The molecule has 2 nitrogen and oxygen atoms in total. The fourth-order valence-electron chi connectivity index (χ4n) is 2.06. The lowest BCUT2D eigenvalue weighted by Gasteiger charge is -2.13. The summed E-state index contributed by atoms with van der Waals surface area (Å²) in [4.78, 5) is 0. The number of hydrogen-bond donors (Lipinski definition) is 2. The normalized spacial score (nSPS) is 29.7. The molecule has 0 spiro atoms. The minimum Gasteiger partial charge on any atom is -0.395 e. The molecule has 0 radical (unpaired) electrons. The molecule has 1 fully saturated rings. The third-order valence-corrected chi connectivity index (χ3v) is 3.04. The average Bonchev–Trinajstić information content (AvgIpc) is 2.95. The Morgan fingerprint density at radius 1 is 1.64 bits per heavy atom.